The molecule has 3 heterocycles. The fraction of sp³-hybridized carbons (Fsp3) is 0.778. The van der Waals surface area contributed by atoms with Crippen LogP contribution in [0.25, 0.3) is 0 Å². The molecule has 1 unspecified atom stereocenters. The number of nitrogens with zero attached hydrogens (tertiary/aromatic N) is 3. The van der Waals surface area contributed by atoms with Gasteiger partial charge in [-0.3, -0.25) is 4.90 Å². The van der Waals surface area contributed by atoms with Crippen LogP contribution in [0, 0.1) is 0 Å². The Morgan fingerprint density at radius 1 is 1.35 bits per heavy atom. The zero-order chi connectivity index (χ0) is 18.2. The van der Waals surface area contributed by atoms with Gasteiger partial charge in [0.2, 0.25) is 0 Å². The van der Waals surface area contributed by atoms with Gasteiger partial charge in [0.25, 0.3) is 0 Å². The maximum absolute atomic E-state index is 5.56. The lowest BCUT2D eigenvalue weighted by atomic mass is 9.95. The highest BCUT2D eigenvalue weighted by atomic mass is 32.2. The molecule has 3 rings (SSSR count). The van der Waals surface area contributed by atoms with Crippen LogP contribution < -0.4 is 10.6 Å². The van der Waals surface area contributed by atoms with E-state index in [2.05, 4.69) is 46.1 Å². The van der Waals surface area contributed by atoms with E-state index in [9.17, 15) is 0 Å². The number of thiazole rings is 1. The average molecular weight is 398 g/mol. The summed E-state index contributed by atoms with van der Waals surface area (Å²) in [6, 6.07) is 0. The summed E-state index contributed by atoms with van der Waals surface area (Å²) in [5, 5.41) is 8.08. The summed E-state index contributed by atoms with van der Waals surface area (Å²) >= 11 is 3.82. The highest BCUT2D eigenvalue weighted by Gasteiger charge is 2.40. The molecule has 0 bridgehead atoms. The minimum absolute atomic E-state index is 0.223. The molecule has 2 N–H and O–H groups in total. The fourth-order valence-corrected chi connectivity index (χ4v) is 5.72. The summed E-state index contributed by atoms with van der Waals surface area (Å²) in [4.78, 5) is 13.2. The second-order valence-corrected chi connectivity index (χ2v) is 9.05. The molecule has 0 radical (unpaired) electrons. The molecule has 2 aliphatic heterocycles. The first-order chi connectivity index (χ1) is 12.8. The van der Waals surface area contributed by atoms with Crippen LogP contribution >= 0.6 is 23.1 Å². The second kappa shape index (κ2) is 9.92. The number of guanidine groups is 1. The van der Waals surface area contributed by atoms with Gasteiger partial charge in [-0.05, 0) is 25.5 Å². The van der Waals surface area contributed by atoms with Crippen molar-refractivity contribution in [1.29, 1.82) is 0 Å². The van der Waals surface area contributed by atoms with Gasteiger partial charge in [0.15, 0.2) is 5.96 Å². The summed E-state index contributed by atoms with van der Waals surface area (Å²) in [6.45, 7) is 10.5. The van der Waals surface area contributed by atoms with Crippen molar-refractivity contribution in [3.63, 3.8) is 0 Å². The molecule has 0 aliphatic carbocycles. The van der Waals surface area contributed by atoms with E-state index in [1.165, 1.54) is 22.8 Å². The third-order valence-electron chi connectivity index (χ3n) is 5.02. The lowest BCUT2D eigenvalue weighted by Crippen LogP contribution is -2.60. The van der Waals surface area contributed by atoms with Crippen LogP contribution in [0.3, 0.4) is 0 Å². The Labute approximate surface area is 165 Å². The predicted octanol–water partition coefficient (Wildman–Crippen LogP) is 1.97. The highest BCUT2D eigenvalue weighted by Crippen LogP contribution is 2.33. The van der Waals surface area contributed by atoms with Crippen LogP contribution in [-0.4, -0.2) is 72.3 Å². The van der Waals surface area contributed by atoms with Crippen LogP contribution in [0.4, 0.5) is 0 Å². The first-order valence-corrected chi connectivity index (χ1v) is 11.6. The molecule has 8 heteroatoms. The number of aliphatic imine (C=N–C) groups is 1. The molecular weight excluding hydrogens is 366 g/mol. The zero-order valence-electron chi connectivity index (χ0n) is 15.9. The summed E-state index contributed by atoms with van der Waals surface area (Å²) in [7, 11) is 0. The minimum atomic E-state index is 0.223. The lowest BCUT2D eigenvalue weighted by molar-refractivity contribution is -0.0120. The van der Waals surface area contributed by atoms with Crippen LogP contribution in [0.15, 0.2) is 11.2 Å². The van der Waals surface area contributed by atoms with Gasteiger partial charge in [-0.15, -0.1) is 11.3 Å². The van der Waals surface area contributed by atoms with Crippen molar-refractivity contribution >= 4 is 29.1 Å². The monoisotopic (exact) mass is 397 g/mol. The molecule has 6 nitrogen and oxygen atoms in total. The Morgan fingerprint density at radius 3 is 2.85 bits per heavy atom. The van der Waals surface area contributed by atoms with Crippen molar-refractivity contribution in [2.24, 2.45) is 4.99 Å². The van der Waals surface area contributed by atoms with Gasteiger partial charge < -0.3 is 15.4 Å². The number of hydrogen-bond donors (Lipinski definition) is 2. The summed E-state index contributed by atoms with van der Waals surface area (Å²) in [5.41, 5.74) is 0.223. The Kier molecular flexibility index (Phi) is 7.60. The standard InChI is InChI=1S/C18H31N5OS2/c1-3-15-11-20-16(26-15)12-21-17(19-4-2)22-13-18(5-10-25-14-18)23-6-8-24-9-7-23/h11H,3-10,12-14H2,1-2H3,(H2,19,21,22). The maximum Gasteiger partial charge on any atom is 0.191 e. The van der Waals surface area contributed by atoms with Crippen molar-refractivity contribution in [1.82, 2.24) is 20.5 Å². The SMILES string of the molecule is CCNC(=NCc1ncc(CC)s1)NCC1(N2CCOCC2)CCSC1. The molecular formula is C18H31N5OS2. The molecule has 146 valence electrons. The van der Waals surface area contributed by atoms with E-state index in [4.69, 9.17) is 9.73 Å². The Bertz CT molecular complexity index is 580. The van der Waals surface area contributed by atoms with Gasteiger partial charge in [-0.2, -0.15) is 11.8 Å². The molecule has 1 aromatic rings. The second-order valence-electron chi connectivity index (χ2n) is 6.75. The molecule has 0 spiro atoms. The molecule has 1 aromatic heterocycles. The van der Waals surface area contributed by atoms with E-state index in [1.807, 2.05) is 6.20 Å². The van der Waals surface area contributed by atoms with Crippen molar-refractivity contribution in [2.45, 2.75) is 38.8 Å². The van der Waals surface area contributed by atoms with Gasteiger partial charge in [0, 0.05) is 48.5 Å². The van der Waals surface area contributed by atoms with Crippen LogP contribution in [0.2, 0.25) is 0 Å². The number of ether oxygens (including phenoxy) is 1. The normalized spacial score (nSPS) is 24.8. The fourth-order valence-electron chi connectivity index (χ4n) is 3.46. The van der Waals surface area contributed by atoms with E-state index in [0.717, 1.165) is 56.8 Å². The molecule has 2 saturated heterocycles. The first-order valence-electron chi connectivity index (χ1n) is 9.62. The molecule has 2 aliphatic rings. The Balaban J connectivity index is 1.61. The molecule has 2 fully saturated rings. The van der Waals surface area contributed by atoms with Crippen molar-refractivity contribution in [2.75, 3.05) is 50.9 Å². The third kappa shape index (κ3) is 5.12. The first kappa shape index (κ1) is 19.9. The number of morpholine rings is 1. The number of nitrogens with one attached hydrogen (secondary N) is 2. The number of hydrogen-bond acceptors (Lipinski definition) is 6. The summed E-state index contributed by atoms with van der Waals surface area (Å²) in [5.74, 6) is 3.32. The number of aromatic nitrogens is 1. The zero-order valence-corrected chi connectivity index (χ0v) is 17.6. The van der Waals surface area contributed by atoms with E-state index in [1.54, 1.807) is 11.3 Å². The molecule has 0 saturated carbocycles. The summed E-state index contributed by atoms with van der Waals surface area (Å²) in [6.07, 6.45) is 4.24. The highest BCUT2D eigenvalue weighted by molar-refractivity contribution is 7.99. The average Bonchev–Trinajstić information content (AvgIpc) is 3.35. The maximum atomic E-state index is 5.56. The topological polar surface area (TPSA) is 61.8 Å². The minimum Gasteiger partial charge on any atom is -0.379 e. The van der Waals surface area contributed by atoms with Crippen LogP contribution in [0.5, 0.6) is 0 Å². The summed E-state index contributed by atoms with van der Waals surface area (Å²) < 4.78 is 5.56. The molecule has 1 atom stereocenters. The van der Waals surface area contributed by atoms with Gasteiger partial charge in [-0.1, -0.05) is 6.92 Å². The number of aryl methyl sites for hydroxylation is 1. The van der Waals surface area contributed by atoms with Crippen molar-refractivity contribution in [3.05, 3.63) is 16.1 Å². The Hall–Kier alpha value is -0.830. The number of thioether (sulfide) groups is 1. The van der Waals surface area contributed by atoms with Crippen LogP contribution in [0.1, 0.15) is 30.2 Å². The Morgan fingerprint density at radius 2 is 2.19 bits per heavy atom. The third-order valence-corrected chi connectivity index (χ3v) is 7.38. The molecule has 26 heavy (non-hydrogen) atoms. The van der Waals surface area contributed by atoms with E-state index in [0.29, 0.717) is 6.54 Å². The van der Waals surface area contributed by atoms with Gasteiger partial charge >= 0.3 is 0 Å². The van der Waals surface area contributed by atoms with Crippen molar-refractivity contribution < 1.29 is 4.74 Å². The molecule has 0 amide bonds. The largest absolute Gasteiger partial charge is 0.379 e. The quantitative estimate of drug-likeness (QED) is 0.542. The van der Waals surface area contributed by atoms with Gasteiger partial charge in [0.1, 0.15) is 5.01 Å². The van der Waals surface area contributed by atoms with Crippen LogP contribution in [-0.2, 0) is 17.7 Å². The molecule has 0 aromatic carbocycles. The predicted molar refractivity (Wildman–Crippen MR) is 111 cm³/mol. The van der Waals surface area contributed by atoms with E-state index in [-0.39, 0.29) is 5.54 Å². The van der Waals surface area contributed by atoms with Gasteiger partial charge in [0.05, 0.1) is 19.8 Å². The van der Waals surface area contributed by atoms with Gasteiger partial charge in [-0.25, -0.2) is 9.98 Å². The lowest BCUT2D eigenvalue weighted by Gasteiger charge is -2.43. The van der Waals surface area contributed by atoms with Crippen molar-refractivity contribution in [3.8, 4) is 0 Å². The number of rotatable bonds is 7. The van der Waals surface area contributed by atoms with E-state index < -0.39 is 0 Å². The van der Waals surface area contributed by atoms with E-state index >= 15 is 0 Å². The smallest absolute Gasteiger partial charge is 0.191 e.